The molecule has 0 saturated carbocycles. The minimum absolute atomic E-state index is 0.0611. The Morgan fingerprint density at radius 1 is 1.12 bits per heavy atom. The van der Waals surface area contributed by atoms with Crippen LogP contribution < -0.4 is 10.6 Å². The summed E-state index contributed by atoms with van der Waals surface area (Å²) in [6.07, 6.45) is 3.90. The number of nitrogens with one attached hydrogen (secondary N) is 2. The van der Waals surface area contributed by atoms with Crippen molar-refractivity contribution in [1.29, 1.82) is 0 Å². The third-order valence-electron chi connectivity index (χ3n) is 4.54. The Morgan fingerprint density at radius 2 is 1.75 bits per heavy atom. The lowest BCUT2D eigenvalue weighted by molar-refractivity contribution is 0.389. The van der Waals surface area contributed by atoms with Gasteiger partial charge in [0.05, 0.1) is 5.75 Å². The molecule has 24 heavy (non-hydrogen) atoms. The summed E-state index contributed by atoms with van der Waals surface area (Å²) < 4.78 is 22.3. The summed E-state index contributed by atoms with van der Waals surface area (Å²) in [4.78, 5) is 4.23. The zero-order valence-corrected chi connectivity index (χ0v) is 16.1. The molecule has 1 aromatic rings. The van der Waals surface area contributed by atoms with E-state index >= 15 is 0 Å². The first-order valence-corrected chi connectivity index (χ1v) is 10.6. The molecule has 0 aliphatic heterocycles. The van der Waals surface area contributed by atoms with Gasteiger partial charge in [0, 0.05) is 31.8 Å². The van der Waals surface area contributed by atoms with Gasteiger partial charge in [0.1, 0.15) is 9.84 Å². The first-order valence-electron chi connectivity index (χ1n) is 8.54. The number of benzene rings is 1. The molecule has 136 valence electrons. The minimum Gasteiger partial charge on any atom is -0.356 e. The highest BCUT2D eigenvalue weighted by atomic mass is 32.2. The predicted octanol–water partition coefficient (Wildman–Crippen LogP) is 2.34. The lowest BCUT2D eigenvalue weighted by atomic mass is 9.76. The molecule has 2 N–H and O–H groups in total. The van der Waals surface area contributed by atoms with Gasteiger partial charge < -0.3 is 10.6 Å². The van der Waals surface area contributed by atoms with Gasteiger partial charge in [-0.2, -0.15) is 0 Å². The molecule has 0 heterocycles. The number of hydrogen-bond acceptors (Lipinski definition) is 3. The Morgan fingerprint density at radius 3 is 2.25 bits per heavy atom. The summed E-state index contributed by atoms with van der Waals surface area (Å²) in [5, 5.41) is 6.59. The van der Waals surface area contributed by atoms with Crippen molar-refractivity contribution in [3.8, 4) is 0 Å². The van der Waals surface area contributed by atoms with Crippen LogP contribution in [0.3, 0.4) is 0 Å². The van der Waals surface area contributed by atoms with Crippen LogP contribution in [0.2, 0.25) is 0 Å². The second-order valence-electron chi connectivity index (χ2n) is 6.19. The van der Waals surface area contributed by atoms with Crippen LogP contribution in [0.25, 0.3) is 0 Å². The van der Waals surface area contributed by atoms with Crippen molar-refractivity contribution in [2.24, 2.45) is 4.99 Å². The molecular formula is C18H31N3O2S. The highest BCUT2D eigenvalue weighted by Gasteiger charge is 2.28. The van der Waals surface area contributed by atoms with Crippen LogP contribution in [0.15, 0.2) is 35.3 Å². The topological polar surface area (TPSA) is 70.6 Å². The molecule has 0 atom stereocenters. The standard InChI is InChI=1S/C18H31N3O2S/c1-5-18(6-2,16-11-8-7-9-12-16)15-21-17(19-3)20-13-10-14-24(4,22)23/h7-9,11-12H,5-6,10,13-15H2,1-4H3,(H2,19,20,21). The monoisotopic (exact) mass is 353 g/mol. The SMILES string of the molecule is CCC(CC)(CNC(=NC)NCCCS(C)(=O)=O)c1ccccc1. The Hall–Kier alpha value is -1.56. The highest BCUT2D eigenvalue weighted by molar-refractivity contribution is 7.90. The fourth-order valence-electron chi connectivity index (χ4n) is 2.82. The van der Waals surface area contributed by atoms with Crippen molar-refractivity contribution in [2.75, 3.05) is 32.1 Å². The fourth-order valence-corrected chi connectivity index (χ4v) is 3.49. The van der Waals surface area contributed by atoms with E-state index in [0.717, 1.165) is 19.4 Å². The van der Waals surface area contributed by atoms with Crippen LogP contribution >= 0.6 is 0 Å². The molecule has 0 spiro atoms. The zero-order chi connectivity index (χ0) is 18.1. The van der Waals surface area contributed by atoms with Gasteiger partial charge in [-0.05, 0) is 24.8 Å². The summed E-state index contributed by atoms with van der Waals surface area (Å²) in [7, 11) is -1.18. The third-order valence-corrected chi connectivity index (χ3v) is 5.57. The first kappa shape index (κ1) is 20.5. The average Bonchev–Trinajstić information content (AvgIpc) is 2.58. The van der Waals surface area contributed by atoms with Gasteiger partial charge >= 0.3 is 0 Å². The summed E-state index contributed by atoms with van der Waals surface area (Å²) in [6, 6.07) is 10.5. The molecular weight excluding hydrogens is 322 g/mol. The molecule has 0 unspecified atom stereocenters. The van der Waals surface area contributed by atoms with Crippen LogP contribution in [0.1, 0.15) is 38.7 Å². The molecule has 0 aliphatic carbocycles. The maximum Gasteiger partial charge on any atom is 0.191 e. The minimum atomic E-state index is -2.91. The summed E-state index contributed by atoms with van der Waals surface area (Å²) in [5.74, 6) is 0.903. The molecule has 0 saturated heterocycles. The molecule has 0 aromatic heterocycles. The molecule has 5 nitrogen and oxygen atoms in total. The molecule has 0 fully saturated rings. The van der Waals surface area contributed by atoms with Gasteiger partial charge in [0.15, 0.2) is 5.96 Å². The van der Waals surface area contributed by atoms with Gasteiger partial charge in [-0.3, -0.25) is 4.99 Å². The van der Waals surface area contributed by atoms with Crippen molar-refractivity contribution in [3.63, 3.8) is 0 Å². The summed E-state index contributed by atoms with van der Waals surface area (Å²) in [5.41, 5.74) is 1.39. The zero-order valence-electron chi connectivity index (χ0n) is 15.3. The maximum absolute atomic E-state index is 11.2. The molecule has 6 heteroatoms. The number of nitrogens with zero attached hydrogens (tertiary/aromatic N) is 1. The van der Waals surface area contributed by atoms with Crippen LogP contribution in [0, 0.1) is 0 Å². The van der Waals surface area contributed by atoms with Crippen LogP contribution in [0.5, 0.6) is 0 Å². The molecule has 0 radical (unpaired) electrons. The number of sulfone groups is 1. The normalized spacial score (nSPS) is 12.9. The Kier molecular flexibility index (Phi) is 8.25. The molecule has 0 amide bonds. The molecule has 1 rings (SSSR count). The van der Waals surface area contributed by atoms with Gasteiger partial charge in [-0.1, -0.05) is 44.2 Å². The quantitative estimate of drug-likeness (QED) is 0.406. The van der Waals surface area contributed by atoms with E-state index in [1.54, 1.807) is 7.05 Å². The van der Waals surface area contributed by atoms with Crippen LogP contribution in [-0.4, -0.2) is 46.5 Å². The van der Waals surface area contributed by atoms with Gasteiger partial charge in [0.25, 0.3) is 0 Å². The third kappa shape index (κ3) is 6.51. The van der Waals surface area contributed by atoms with E-state index in [1.807, 2.05) is 6.07 Å². The Labute approximate surface area is 146 Å². The van der Waals surface area contributed by atoms with Gasteiger partial charge in [-0.15, -0.1) is 0 Å². The van der Waals surface area contributed by atoms with E-state index in [0.29, 0.717) is 18.9 Å². The largest absolute Gasteiger partial charge is 0.356 e. The number of aliphatic imine (C=N–C) groups is 1. The number of hydrogen-bond donors (Lipinski definition) is 2. The molecule has 0 bridgehead atoms. The van der Waals surface area contributed by atoms with Crippen molar-refractivity contribution < 1.29 is 8.42 Å². The van der Waals surface area contributed by atoms with E-state index in [4.69, 9.17) is 0 Å². The van der Waals surface area contributed by atoms with Crippen LogP contribution in [-0.2, 0) is 15.3 Å². The average molecular weight is 354 g/mol. The van der Waals surface area contributed by atoms with Gasteiger partial charge in [0.2, 0.25) is 0 Å². The lowest BCUT2D eigenvalue weighted by Crippen LogP contribution is -2.45. The summed E-state index contributed by atoms with van der Waals surface area (Å²) >= 11 is 0. The fraction of sp³-hybridized carbons (Fsp3) is 0.611. The predicted molar refractivity (Wildman–Crippen MR) is 102 cm³/mol. The van der Waals surface area contributed by atoms with Crippen molar-refractivity contribution >= 4 is 15.8 Å². The van der Waals surface area contributed by atoms with E-state index in [1.165, 1.54) is 11.8 Å². The Bertz CT molecular complexity index is 608. The summed E-state index contributed by atoms with van der Waals surface area (Å²) in [6.45, 7) is 5.79. The highest BCUT2D eigenvalue weighted by Crippen LogP contribution is 2.30. The van der Waals surface area contributed by atoms with E-state index in [-0.39, 0.29) is 11.2 Å². The molecule has 0 aliphatic rings. The smallest absolute Gasteiger partial charge is 0.191 e. The first-order chi connectivity index (χ1) is 11.4. The second kappa shape index (κ2) is 9.67. The maximum atomic E-state index is 11.2. The Balaban J connectivity index is 2.62. The van der Waals surface area contributed by atoms with Crippen molar-refractivity contribution in [1.82, 2.24) is 10.6 Å². The second-order valence-corrected chi connectivity index (χ2v) is 8.45. The van der Waals surface area contributed by atoms with Crippen molar-refractivity contribution in [2.45, 2.75) is 38.5 Å². The van der Waals surface area contributed by atoms with E-state index < -0.39 is 9.84 Å². The van der Waals surface area contributed by atoms with E-state index in [9.17, 15) is 8.42 Å². The lowest BCUT2D eigenvalue weighted by Gasteiger charge is -2.33. The van der Waals surface area contributed by atoms with Crippen LogP contribution in [0.4, 0.5) is 0 Å². The number of rotatable bonds is 9. The van der Waals surface area contributed by atoms with Crippen molar-refractivity contribution in [3.05, 3.63) is 35.9 Å². The van der Waals surface area contributed by atoms with Gasteiger partial charge in [-0.25, -0.2) is 8.42 Å². The van der Waals surface area contributed by atoms with E-state index in [2.05, 4.69) is 53.7 Å². The molecule has 1 aromatic carbocycles. The number of guanidine groups is 1.